The highest BCUT2D eigenvalue weighted by molar-refractivity contribution is 5.56. The minimum absolute atomic E-state index is 0.0963. The molecule has 0 saturated carbocycles. The van der Waals surface area contributed by atoms with Crippen LogP contribution in [0.15, 0.2) is 66.1 Å². The van der Waals surface area contributed by atoms with Gasteiger partial charge in [-0.25, -0.2) is 14.6 Å². The summed E-state index contributed by atoms with van der Waals surface area (Å²) in [6.45, 7) is 5.59. The second kappa shape index (κ2) is 10.6. The lowest BCUT2D eigenvalue weighted by Gasteiger charge is -2.22. The Morgan fingerprint density at radius 1 is 1.11 bits per heavy atom. The van der Waals surface area contributed by atoms with Crippen LogP contribution in [0.25, 0.3) is 17.1 Å². The quantitative estimate of drug-likeness (QED) is 0.422. The SMILES string of the molecule is CCn1cc(-n2ccc(=O)c(Cc3cccc(-c4ncc(OCC5CCNCC5)cn4)c3)n2)cn1. The predicted molar refractivity (Wildman–Crippen MR) is 133 cm³/mol. The Hall–Kier alpha value is -3.85. The Labute approximate surface area is 203 Å². The molecule has 3 aromatic heterocycles. The lowest BCUT2D eigenvalue weighted by Crippen LogP contribution is -2.30. The Bertz CT molecular complexity index is 1320. The molecule has 0 aliphatic carbocycles. The summed E-state index contributed by atoms with van der Waals surface area (Å²) in [5.74, 6) is 1.88. The monoisotopic (exact) mass is 471 g/mol. The molecule has 1 aromatic carbocycles. The summed E-state index contributed by atoms with van der Waals surface area (Å²) in [5, 5.41) is 12.2. The highest BCUT2D eigenvalue weighted by Crippen LogP contribution is 2.20. The highest BCUT2D eigenvalue weighted by atomic mass is 16.5. The fourth-order valence-electron chi connectivity index (χ4n) is 4.17. The molecular formula is C26H29N7O2. The van der Waals surface area contributed by atoms with Gasteiger partial charge in [0.1, 0.15) is 11.4 Å². The average Bonchev–Trinajstić information content (AvgIpc) is 3.39. The second-order valence-corrected chi connectivity index (χ2v) is 8.75. The van der Waals surface area contributed by atoms with Crippen molar-refractivity contribution < 1.29 is 4.74 Å². The van der Waals surface area contributed by atoms with E-state index in [1.807, 2.05) is 42.1 Å². The predicted octanol–water partition coefficient (Wildman–Crippen LogP) is 2.88. The van der Waals surface area contributed by atoms with E-state index in [4.69, 9.17) is 4.74 Å². The number of aryl methyl sites for hydroxylation is 1. The summed E-state index contributed by atoms with van der Waals surface area (Å²) in [6, 6.07) is 9.43. The molecule has 1 aliphatic rings. The van der Waals surface area contributed by atoms with Crippen molar-refractivity contribution in [2.75, 3.05) is 19.7 Å². The van der Waals surface area contributed by atoms with Gasteiger partial charge >= 0.3 is 0 Å². The van der Waals surface area contributed by atoms with Gasteiger partial charge in [-0.1, -0.05) is 18.2 Å². The number of ether oxygens (including phenoxy) is 1. The molecular weight excluding hydrogens is 442 g/mol. The van der Waals surface area contributed by atoms with E-state index in [2.05, 4.69) is 25.5 Å². The molecule has 35 heavy (non-hydrogen) atoms. The van der Waals surface area contributed by atoms with Crippen molar-refractivity contribution in [3.8, 4) is 22.8 Å². The van der Waals surface area contributed by atoms with E-state index in [1.54, 1.807) is 35.5 Å². The van der Waals surface area contributed by atoms with E-state index in [0.29, 0.717) is 36.2 Å². The standard InChI is InChI=1S/C26H29N7O2/c1-2-32-17-22(14-30-32)33-11-8-25(34)24(31-33)13-20-4-3-5-21(12-20)26-28-15-23(16-29-26)35-18-19-6-9-27-10-7-19/h3-5,8,11-12,14-17,19,27H,2,6-7,9-10,13,18H2,1H3. The van der Waals surface area contributed by atoms with E-state index in [1.165, 1.54) is 0 Å². The molecule has 0 radical (unpaired) electrons. The van der Waals surface area contributed by atoms with E-state index in [-0.39, 0.29) is 5.43 Å². The maximum Gasteiger partial charge on any atom is 0.203 e. The van der Waals surface area contributed by atoms with Gasteiger partial charge < -0.3 is 10.1 Å². The molecule has 0 bridgehead atoms. The van der Waals surface area contributed by atoms with Gasteiger partial charge in [0.2, 0.25) is 5.43 Å². The lowest BCUT2D eigenvalue weighted by molar-refractivity contribution is 0.214. The minimum Gasteiger partial charge on any atom is -0.490 e. The van der Waals surface area contributed by atoms with Gasteiger partial charge in [0, 0.05) is 30.8 Å². The summed E-state index contributed by atoms with van der Waals surface area (Å²) < 4.78 is 9.41. The van der Waals surface area contributed by atoms with Crippen molar-refractivity contribution in [2.45, 2.75) is 32.7 Å². The van der Waals surface area contributed by atoms with Crippen molar-refractivity contribution in [2.24, 2.45) is 5.92 Å². The van der Waals surface area contributed by atoms with Crippen molar-refractivity contribution in [1.29, 1.82) is 0 Å². The Balaban J connectivity index is 1.28. The Morgan fingerprint density at radius 2 is 1.94 bits per heavy atom. The van der Waals surface area contributed by atoms with Crippen LogP contribution in [0.5, 0.6) is 5.75 Å². The fourth-order valence-corrected chi connectivity index (χ4v) is 4.17. The molecule has 9 heteroatoms. The second-order valence-electron chi connectivity index (χ2n) is 8.75. The Kier molecular flexibility index (Phi) is 6.94. The van der Waals surface area contributed by atoms with E-state index >= 15 is 0 Å². The molecule has 1 N–H and O–H groups in total. The van der Waals surface area contributed by atoms with Crippen LogP contribution in [0, 0.1) is 5.92 Å². The van der Waals surface area contributed by atoms with Crippen molar-refractivity contribution in [3.05, 3.63) is 82.8 Å². The number of piperidine rings is 1. The molecule has 1 saturated heterocycles. The van der Waals surface area contributed by atoms with Crippen LogP contribution in [0.4, 0.5) is 0 Å². The number of nitrogens with zero attached hydrogens (tertiary/aromatic N) is 6. The summed E-state index contributed by atoms with van der Waals surface area (Å²) in [6.07, 6.45) is 11.4. The first kappa shape index (κ1) is 22.9. The number of benzene rings is 1. The number of rotatable bonds is 8. The summed E-state index contributed by atoms with van der Waals surface area (Å²) in [7, 11) is 0. The molecule has 0 amide bonds. The smallest absolute Gasteiger partial charge is 0.203 e. The molecule has 0 unspecified atom stereocenters. The molecule has 180 valence electrons. The summed E-state index contributed by atoms with van der Waals surface area (Å²) in [4.78, 5) is 21.5. The zero-order valence-corrected chi connectivity index (χ0v) is 19.8. The lowest BCUT2D eigenvalue weighted by atomic mass is 9.99. The number of nitrogens with one attached hydrogen (secondary N) is 1. The molecule has 4 aromatic rings. The maximum atomic E-state index is 12.5. The first-order valence-corrected chi connectivity index (χ1v) is 12.0. The van der Waals surface area contributed by atoms with Gasteiger partial charge in [-0.2, -0.15) is 10.2 Å². The average molecular weight is 472 g/mol. The van der Waals surface area contributed by atoms with Gasteiger partial charge in [-0.3, -0.25) is 9.48 Å². The first-order valence-electron chi connectivity index (χ1n) is 12.0. The van der Waals surface area contributed by atoms with Gasteiger partial charge in [0.25, 0.3) is 0 Å². The molecule has 0 spiro atoms. The van der Waals surface area contributed by atoms with Crippen LogP contribution in [0.2, 0.25) is 0 Å². The fraction of sp³-hybridized carbons (Fsp3) is 0.346. The maximum absolute atomic E-state index is 12.5. The normalized spacial score (nSPS) is 14.2. The van der Waals surface area contributed by atoms with Gasteiger partial charge in [0.05, 0.1) is 31.4 Å². The third-order valence-corrected chi connectivity index (χ3v) is 6.22. The zero-order chi connectivity index (χ0) is 24.0. The van der Waals surface area contributed by atoms with Crippen LogP contribution in [-0.2, 0) is 13.0 Å². The third-order valence-electron chi connectivity index (χ3n) is 6.22. The van der Waals surface area contributed by atoms with Crippen LogP contribution < -0.4 is 15.5 Å². The van der Waals surface area contributed by atoms with E-state index in [0.717, 1.165) is 49.3 Å². The largest absolute Gasteiger partial charge is 0.490 e. The van der Waals surface area contributed by atoms with Crippen LogP contribution in [0.1, 0.15) is 31.0 Å². The molecule has 1 aliphatic heterocycles. The Morgan fingerprint density at radius 3 is 2.71 bits per heavy atom. The third kappa shape index (κ3) is 5.63. The van der Waals surface area contributed by atoms with Gasteiger partial charge in [-0.15, -0.1) is 0 Å². The number of hydrogen-bond acceptors (Lipinski definition) is 7. The van der Waals surface area contributed by atoms with Crippen molar-refractivity contribution >= 4 is 0 Å². The summed E-state index contributed by atoms with van der Waals surface area (Å²) >= 11 is 0. The van der Waals surface area contributed by atoms with Crippen LogP contribution in [0.3, 0.4) is 0 Å². The van der Waals surface area contributed by atoms with Gasteiger partial charge in [0.15, 0.2) is 11.6 Å². The number of hydrogen-bond donors (Lipinski definition) is 1. The molecule has 1 fully saturated rings. The van der Waals surface area contributed by atoms with Crippen molar-refractivity contribution in [3.63, 3.8) is 0 Å². The topological polar surface area (TPSA) is 99.8 Å². The van der Waals surface area contributed by atoms with Gasteiger partial charge in [-0.05, 0) is 50.4 Å². The highest BCUT2D eigenvalue weighted by Gasteiger charge is 2.14. The summed E-state index contributed by atoms with van der Waals surface area (Å²) in [5.41, 5.74) is 3.03. The zero-order valence-electron chi connectivity index (χ0n) is 19.8. The molecule has 4 heterocycles. The molecule has 9 nitrogen and oxygen atoms in total. The van der Waals surface area contributed by atoms with E-state index < -0.39 is 0 Å². The molecule has 5 rings (SSSR count). The van der Waals surface area contributed by atoms with E-state index in [9.17, 15) is 4.79 Å². The minimum atomic E-state index is -0.0963. The van der Waals surface area contributed by atoms with Crippen molar-refractivity contribution in [1.82, 2.24) is 34.8 Å². The number of aromatic nitrogens is 6. The van der Waals surface area contributed by atoms with Crippen LogP contribution >= 0.6 is 0 Å². The van der Waals surface area contributed by atoms with Crippen LogP contribution in [-0.4, -0.2) is 49.2 Å². The first-order chi connectivity index (χ1) is 17.2. The molecule has 0 atom stereocenters.